The van der Waals surface area contributed by atoms with Gasteiger partial charge in [-0.2, -0.15) is 0 Å². The van der Waals surface area contributed by atoms with Gasteiger partial charge in [0.1, 0.15) is 11.5 Å². The van der Waals surface area contributed by atoms with Gasteiger partial charge in [-0.25, -0.2) is 9.37 Å². The van der Waals surface area contributed by atoms with Gasteiger partial charge < -0.3 is 4.57 Å². The number of carbonyl (C=O) groups is 1. The Labute approximate surface area is 153 Å². The maximum absolute atomic E-state index is 13.9. The van der Waals surface area contributed by atoms with Crippen LogP contribution in [0.2, 0.25) is 0 Å². The molecule has 130 valence electrons. The molecule has 4 aromatic rings. The van der Waals surface area contributed by atoms with Crippen LogP contribution in [0.5, 0.6) is 0 Å². The number of nitrogens with one attached hydrogen (secondary N) is 1. The minimum absolute atomic E-state index is 0.312. The Morgan fingerprint density at radius 3 is 2.69 bits per heavy atom. The number of rotatable bonds is 3. The lowest BCUT2D eigenvalue weighted by Crippen LogP contribution is -2.15. The van der Waals surface area contributed by atoms with E-state index in [2.05, 4.69) is 10.3 Å². The summed E-state index contributed by atoms with van der Waals surface area (Å²) in [6.45, 7) is 2.03. The summed E-state index contributed by atoms with van der Waals surface area (Å²) in [6.07, 6.45) is 0. The van der Waals surface area contributed by atoms with E-state index < -0.39 is 0 Å². The van der Waals surface area contributed by atoms with Gasteiger partial charge in [-0.15, -0.1) is 11.3 Å². The number of fused-ring (bicyclic) bond motifs is 1. The van der Waals surface area contributed by atoms with Gasteiger partial charge >= 0.3 is 0 Å². The average Bonchev–Trinajstić information content (AvgIpc) is 3.22. The zero-order chi connectivity index (χ0) is 18.3. The highest BCUT2D eigenvalue weighted by molar-refractivity contribution is 7.14. The van der Waals surface area contributed by atoms with Crippen molar-refractivity contribution in [2.24, 2.45) is 7.05 Å². The van der Waals surface area contributed by atoms with E-state index in [0.717, 1.165) is 11.3 Å². The zero-order valence-corrected chi connectivity index (χ0v) is 15.1. The van der Waals surface area contributed by atoms with Crippen molar-refractivity contribution < 1.29 is 9.18 Å². The summed E-state index contributed by atoms with van der Waals surface area (Å²) < 4.78 is 15.6. The van der Waals surface area contributed by atoms with E-state index in [4.69, 9.17) is 0 Å². The van der Waals surface area contributed by atoms with E-state index in [-0.39, 0.29) is 11.7 Å². The summed E-state index contributed by atoms with van der Waals surface area (Å²) in [7, 11) is 1.75. The number of hydrogen-bond acceptors (Lipinski definition) is 3. The fourth-order valence-electron chi connectivity index (χ4n) is 2.89. The Morgan fingerprint density at radius 1 is 1.19 bits per heavy atom. The molecule has 26 heavy (non-hydrogen) atoms. The molecule has 0 aliphatic rings. The van der Waals surface area contributed by atoms with Crippen molar-refractivity contribution in [2.75, 3.05) is 5.32 Å². The van der Waals surface area contributed by atoms with Gasteiger partial charge in [0.15, 0.2) is 5.13 Å². The molecule has 2 aromatic carbocycles. The molecule has 4 rings (SSSR count). The lowest BCUT2D eigenvalue weighted by Gasteiger charge is -2.04. The van der Waals surface area contributed by atoms with Crippen LogP contribution < -0.4 is 5.32 Å². The molecule has 0 bridgehead atoms. The molecule has 0 saturated carbocycles. The summed E-state index contributed by atoms with van der Waals surface area (Å²) in [4.78, 5) is 17.1. The minimum Gasteiger partial charge on any atom is -0.340 e. The molecular formula is C20H16FN3OS. The molecule has 4 nitrogen and oxygen atoms in total. The molecule has 6 heteroatoms. The highest BCUT2D eigenvalue weighted by Crippen LogP contribution is 2.26. The van der Waals surface area contributed by atoms with Crippen LogP contribution in [-0.2, 0) is 7.05 Å². The van der Waals surface area contributed by atoms with E-state index in [0.29, 0.717) is 21.7 Å². The van der Waals surface area contributed by atoms with Gasteiger partial charge in [-0.1, -0.05) is 35.9 Å². The number of hydrogen-bond donors (Lipinski definition) is 1. The van der Waals surface area contributed by atoms with Crippen LogP contribution in [0.1, 0.15) is 16.1 Å². The molecule has 0 spiro atoms. The lowest BCUT2D eigenvalue weighted by atomic mass is 10.1. The molecule has 0 unspecified atom stereocenters. The van der Waals surface area contributed by atoms with E-state index in [9.17, 15) is 9.18 Å². The predicted molar refractivity (Wildman–Crippen MR) is 103 cm³/mol. The standard InChI is InChI=1S/C20H16FN3OS/c1-12-6-8-13(9-7-12)16-11-26-20(22-16)23-19(25)18-10-14-15(21)4-3-5-17(14)24(18)2/h3-11H,1-2H3,(H,22,23,25). The van der Waals surface area contributed by atoms with Gasteiger partial charge in [-0.3, -0.25) is 10.1 Å². The molecule has 0 aliphatic heterocycles. The first kappa shape index (κ1) is 16.5. The third-order valence-electron chi connectivity index (χ3n) is 4.34. The quantitative estimate of drug-likeness (QED) is 0.555. The first-order valence-electron chi connectivity index (χ1n) is 8.11. The SMILES string of the molecule is Cc1ccc(-c2csc(NC(=O)c3cc4c(F)cccc4n3C)n2)cc1. The predicted octanol–water partition coefficient (Wildman–Crippen LogP) is 5.00. The van der Waals surface area contributed by atoms with E-state index in [1.165, 1.54) is 23.0 Å². The molecule has 0 radical (unpaired) electrons. The van der Waals surface area contributed by atoms with Crippen LogP contribution in [0.25, 0.3) is 22.2 Å². The Balaban J connectivity index is 1.60. The van der Waals surface area contributed by atoms with Crippen molar-refractivity contribution in [3.63, 3.8) is 0 Å². The summed E-state index contributed by atoms with van der Waals surface area (Å²) in [5.74, 6) is -0.652. The second-order valence-corrected chi connectivity index (χ2v) is 6.98. The largest absolute Gasteiger partial charge is 0.340 e. The number of thiazole rings is 1. The van der Waals surface area contributed by atoms with Crippen LogP contribution in [0.4, 0.5) is 9.52 Å². The minimum atomic E-state index is -0.340. The third kappa shape index (κ3) is 2.88. The van der Waals surface area contributed by atoms with Crippen molar-refractivity contribution in [3.8, 4) is 11.3 Å². The van der Waals surface area contributed by atoms with Gasteiger partial charge in [0.25, 0.3) is 5.91 Å². The highest BCUT2D eigenvalue weighted by Gasteiger charge is 2.17. The number of nitrogens with zero attached hydrogens (tertiary/aromatic N) is 2. The van der Waals surface area contributed by atoms with E-state index >= 15 is 0 Å². The normalized spacial score (nSPS) is 11.0. The monoisotopic (exact) mass is 365 g/mol. The maximum atomic E-state index is 13.9. The molecule has 2 heterocycles. The molecular weight excluding hydrogens is 349 g/mol. The first-order chi connectivity index (χ1) is 12.5. The number of carbonyl (C=O) groups excluding carboxylic acids is 1. The number of aromatic nitrogens is 2. The second kappa shape index (κ2) is 6.38. The second-order valence-electron chi connectivity index (χ2n) is 6.12. The molecule has 0 aliphatic carbocycles. The smallest absolute Gasteiger partial charge is 0.274 e. The Kier molecular flexibility index (Phi) is 4.05. The van der Waals surface area contributed by atoms with Crippen LogP contribution in [0.15, 0.2) is 53.9 Å². The van der Waals surface area contributed by atoms with Crippen molar-refractivity contribution in [1.29, 1.82) is 0 Å². The summed E-state index contributed by atoms with van der Waals surface area (Å²) in [5, 5.41) is 5.65. The Hall–Kier alpha value is -2.99. The van der Waals surface area contributed by atoms with Crippen LogP contribution >= 0.6 is 11.3 Å². The van der Waals surface area contributed by atoms with Gasteiger partial charge in [0.05, 0.1) is 11.2 Å². The molecule has 1 amide bonds. The molecule has 0 atom stereocenters. The number of aryl methyl sites for hydroxylation is 2. The van der Waals surface area contributed by atoms with Crippen LogP contribution in [0, 0.1) is 12.7 Å². The lowest BCUT2D eigenvalue weighted by molar-refractivity contribution is 0.101. The molecule has 0 saturated heterocycles. The Morgan fingerprint density at radius 2 is 1.96 bits per heavy atom. The number of benzene rings is 2. The van der Waals surface area contributed by atoms with E-state index in [1.54, 1.807) is 29.8 Å². The summed E-state index contributed by atoms with van der Waals surface area (Å²) >= 11 is 1.36. The fraction of sp³-hybridized carbons (Fsp3) is 0.100. The van der Waals surface area contributed by atoms with Crippen molar-refractivity contribution in [1.82, 2.24) is 9.55 Å². The maximum Gasteiger partial charge on any atom is 0.274 e. The summed E-state index contributed by atoms with van der Waals surface area (Å²) in [5.41, 5.74) is 4.06. The van der Waals surface area contributed by atoms with Crippen molar-refractivity contribution in [2.45, 2.75) is 6.92 Å². The highest BCUT2D eigenvalue weighted by atomic mass is 32.1. The van der Waals surface area contributed by atoms with Crippen molar-refractivity contribution in [3.05, 3.63) is 71.0 Å². The van der Waals surface area contributed by atoms with Crippen molar-refractivity contribution >= 4 is 33.3 Å². The molecule has 1 N–H and O–H groups in total. The fourth-order valence-corrected chi connectivity index (χ4v) is 3.61. The van der Waals surface area contributed by atoms with E-state index in [1.807, 2.05) is 36.6 Å². The number of amides is 1. The molecule has 2 aromatic heterocycles. The molecule has 0 fully saturated rings. The van der Waals surface area contributed by atoms with Crippen LogP contribution in [-0.4, -0.2) is 15.5 Å². The Bertz CT molecular complexity index is 1110. The topological polar surface area (TPSA) is 46.9 Å². The van der Waals surface area contributed by atoms with Gasteiger partial charge in [0.2, 0.25) is 0 Å². The van der Waals surface area contributed by atoms with Gasteiger partial charge in [-0.05, 0) is 25.1 Å². The number of halogens is 1. The first-order valence-corrected chi connectivity index (χ1v) is 8.99. The van der Waals surface area contributed by atoms with Crippen LogP contribution in [0.3, 0.4) is 0 Å². The third-order valence-corrected chi connectivity index (χ3v) is 5.10. The summed E-state index contributed by atoms with van der Waals surface area (Å²) in [6, 6.07) is 14.4. The number of anilines is 1. The average molecular weight is 365 g/mol. The van der Waals surface area contributed by atoms with Gasteiger partial charge in [0, 0.05) is 23.4 Å². The zero-order valence-electron chi connectivity index (χ0n) is 14.3.